The molecule has 0 saturated carbocycles. The zero-order valence-electron chi connectivity index (χ0n) is 23.1. The van der Waals surface area contributed by atoms with Crippen molar-refractivity contribution in [1.82, 2.24) is 19.7 Å². The number of rotatable bonds is 7. The molecule has 6 rings (SSSR count). The Morgan fingerprint density at radius 2 is 1.74 bits per heavy atom. The molecular formula is C34H26ClN5O3. The summed E-state index contributed by atoms with van der Waals surface area (Å²) in [4.78, 5) is 16.9. The number of imidazole rings is 1. The highest BCUT2D eigenvalue weighted by Crippen LogP contribution is 2.30. The van der Waals surface area contributed by atoms with Crippen molar-refractivity contribution in [3.63, 3.8) is 0 Å². The number of H-pyrrole nitrogens is 1. The van der Waals surface area contributed by atoms with Crippen molar-refractivity contribution in [2.75, 3.05) is 0 Å². The molecule has 2 heterocycles. The van der Waals surface area contributed by atoms with Crippen LogP contribution in [0.15, 0.2) is 109 Å². The first kappa shape index (κ1) is 28.9. The molecule has 2 aromatic heterocycles. The van der Waals surface area contributed by atoms with Gasteiger partial charge in [-0.3, -0.25) is 4.79 Å². The lowest BCUT2D eigenvalue weighted by Gasteiger charge is -2.08. The number of hydrogen-bond donors (Lipinski definition) is 2. The number of para-hydroxylation sites is 3. The Morgan fingerprint density at radius 1 is 1.02 bits per heavy atom. The van der Waals surface area contributed by atoms with Crippen LogP contribution in [0.3, 0.4) is 0 Å². The highest BCUT2D eigenvalue weighted by Gasteiger charge is 2.15. The van der Waals surface area contributed by atoms with E-state index >= 15 is 0 Å². The molecule has 0 aliphatic heterocycles. The molecule has 0 amide bonds. The monoisotopic (exact) mass is 587 g/mol. The normalized spacial score (nSPS) is 11.0. The number of fused-ring (bicyclic) bond motifs is 1. The first-order valence-corrected chi connectivity index (χ1v) is 13.7. The lowest BCUT2D eigenvalue weighted by Crippen LogP contribution is -1.96. The van der Waals surface area contributed by atoms with Gasteiger partial charge in [-0.05, 0) is 60.2 Å². The predicted molar refractivity (Wildman–Crippen MR) is 168 cm³/mol. The molecule has 0 fully saturated rings. The third-order valence-electron chi connectivity index (χ3n) is 6.25. The van der Waals surface area contributed by atoms with E-state index in [0.717, 1.165) is 46.0 Å². The second-order valence-electron chi connectivity index (χ2n) is 9.45. The summed E-state index contributed by atoms with van der Waals surface area (Å²) in [5.41, 5.74) is 6.40. The number of allylic oxidation sites excluding steroid dienone is 1. The first-order chi connectivity index (χ1) is 20.9. The van der Waals surface area contributed by atoms with Crippen LogP contribution < -0.4 is 4.74 Å². The summed E-state index contributed by atoms with van der Waals surface area (Å²) in [6, 6.07) is 35.3. The predicted octanol–water partition coefficient (Wildman–Crippen LogP) is 7.80. The average Bonchev–Trinajstić information content (AvgIpc) is 3.64. The topological polar surface area (TPSA) is 117 Å². The van der Waals surface area contributed by atoms with Crippen molar-refractivity contribution in [3.8, 4) is 28.8 Å². The maximum Gasteiger partial charge on any atom is 0.300 e. The largest absolute Gasteiger partial charge is 0.489 e. The van der Waals surface area contributed by atoms with E-state index in [1.54, 1.807) is 0 Å². The van der Waals surface area contributed by atoms with Gasteiger partial charge in [0.1, 0.15) is 29.9 Å². The van der Waals surface area contributed by atoms with Crippen LogP contribution in [0.5, 0.6) is 5.75 Å². The highest BCUT2D eigenvalue weighted by molar-refractivity contribution is 6.30. The number of aromatic nitrogens is 4. The molecule has 0 unspecified atom stereocenters. The van der Waals surface area contributed by atoms with Gasteiger partial charge in [0.25, 0.3) is 5.97 Å². The molecule has 2 N–H and O–H groups in total. The minimum atomic E-state index is -0.833. The number of halogens is 1. The van der Waals surface area contributed by atoms with Gasteiger partial charge in [-0.15, -0.1) is 0 Å². The molecule has 0 spiro atoms. The van der Waals surface area contributed by atoms with Crippen LogP contribution in [0.25, 0.3) is 39.6 Å². The maximum atomic E-state index is 10.1. The summed E-state index contributed by atoms with van der Waals surface area (Å²) >= 11 is 6.00. The van der Waals surface area contributed by atoms with Crippen molar-refractivity contribution in [2.24, 2.45) is 0 Å². The molecule has 0 bridgehead atoms. The molecule has 0 aliphatic rings. The highest BCUT2D eigenvalue weighted by atomic mass is 35.5. The number of nitriles is 1. The summed E-state index contributed by atoms with van der Waals surface area (Å²) in [5, 5.41) is 23.1. The Morgan fingerprint density at radius 3 is 2.47 bits per heavy atom. The van der Waals surface area contributed by atoms with Crippen LogP contribution in [-0.2, 0) is 11.4 Å². The molecule has 8 nitrogen and oxygen atoms in total. The summed E-state index contributed by atoms with van der Waals surface area (Å²) < 4.78 is 7.89. The van der Waals surface area contributed by atoms with Crippen LogP contribution in [0.1, 0.15) is 23.9 Å². The van der Waals surface area contributed by atoms with Gasteiger partial charge >= 0.3 is 0 Å². The number of aromatic amines is 1. The second-order valence-corrected chi connectivity index (χ2v) is 9.88. The number of carbonyl (C=O) groups is 1. The molecular weight excluding hydrogens is 562 g/mol. The number of carboxylic acid groups (broad SMARTS) is 1. The molecule has 0 atom stereocenters. The fraction of sp³-hybridized carbons (Fsp3) is 0.0588. The number of nitrogens with one attached hydrogen (secondary N) is 1. The standard InChI is InChI=1S/C32H22ClN5O.C2H4O2/c33-26-15-13-22(14-16-26)21-39-28-10-6-7-23(18-28)31-25(20-38(37-31)27-8-2-1-3-9-27)17-24(19-34)32-35-29-11-4-5-12-30(29)36-32;1-2(3)4/h1-18,20H,21H2,(H,35,36);1H3,(H,3,4)/b24-17-;. The zero-order valence-corrected chi connectivity index (χ0v) is 23.9. The van der Waals surface area contributed by atoms with E-state index in [4.69, 9.17) is 31.3 Å². The summed E-state index contributed by atoms with van der Waals surface area (Å²) in [5.74, 6) is 0.390. The zero-order chi connectivity index (χ0) is 30.2. The fourth-order valence-electron chi connectivity index (χ4n) is 4.30. The van der Waals surface area contributed by atoms with E-state index in [9.17, 15) is 5.26 Å². The van der Waals surface area contributed by atoms with E-state index in [2.05, 4.69) is 16.0 Å². The Labute approximate surface area is 253 Å². The van der Waals surface area contributed by atoms with Crippen LogP contribution >= 0.6 is 11.6 Å². The minimum Gasteiger partial charge on any atom is -0.489 e. The third kappa shape index (κ3) is 7.36. The van der Waals surface area contributed by atoms with E-state index in [1.165, 1.54) is 0 Å². The Hall–Kier alpha value is -5.65. The smallest absolute Gasteiger partial charge is 0.300 e. The Kier molecular flexibility index (Phi) is 8.96. The summed E-state index contributed by atoms with van der Waals surface area (Å²) in [6.45, 7) is 1.50. The second kappa shape index (κ2) is 13.3. The number of aliphatic carboxylic acids is 1. The number of carboxylic acids is 1. The molecule has 4 aromatic carbocycles. The van der Waals surface area contributed by atoms with E-state index < -0.39 is 5.97 Å². The summed E-state index contributed by atoms with van der Waals surface area (Å²) in [6.07, 6.45) is 3.74. The number of hydrogen-bond acceptors (Lipinski definition) is 5. The number of nitrogens with zero attached hydrogens (tertiary/aromatic N) is 4. The quantitative estimate of drug-likeness (QED) is 0.184. The Bertz CT molecular complexity index is 1900. The van der Waals surface area contributed by atoms with Gasteiger partial charge in [0.2, 0.25) is 0 Å². The molecule has 9 heteroatoms. The molecule has 6 aromatic rings. The van der Waals surface area contributed by atoms with E-state index in [0.29, 0.717) is 28.8 Å². The van der Waals surface area contributed by atoms with Crippen molar-refractivity contribution in [2.45, 2.75) is 13.5 Å². The van der Waals surface area contributed by atoms with Gasteiger partial charge < -0.3 is 14.8 Å². The molecule has 0 aliphatic carbocycles. The van der Waals surface area contributed by atoms with Gasteiger partial charge in [-0.25, -0.2) is 9.67 Å². The average molecular weight is 588 g/mol. The number of benzene rings is 4. The molecule has 0 saturated heterocycles. The van der Waals surface area contributed by atoms with Crippen molar-refractivity contribution in [3.05, 3.63) is 131 Å². The van der Waals surface area contributed by atoms with Gasteiger partial charge in [0, 0.05) is 29.3 Å². The number of ether oxygens (including phenoxy) is 1. The minimum absolute atomic E-state index is 0.412. The van der Waals surface area contributed by atoms with Gasteiger partial charge in [-0.1, -0.05) is 66.2 Å². The van der Waals surface area contributed by atoms with Crippen molar-refractivity contribution in [1.29, 1.82) is 5.26 Å². The molecule has 212 valence electrons. The summed E-state index contributed by atoms with van der Waals surface area (Å²) in [7, 11) is 0. The SMILES string of the molecule is CC(=O)O.N#C/C(=C/c1cn(-c2ccccc2)nc1-c1cccc(OCc2ccc(Cl)cc2)c1)c1nc2ccccc2[nH]1. The van der Waals surface area contributed by atoms with Crippen molar-refractivity contribution >= 4 is 40.3 Å². The lowest BCUT2D eigenvalue weighted by atomic mass is 10.1. The van der Waals surface area contributed by atoms with Gasteiger partial charge in [0.15, 0.2) is 0 Å². The third-order valence-corrected chi connectivity index (χ3v) is 6.51. The van der Waals surface area contributed by atoms with E-state index in [-0.39, 0.29) is 0 Å². The Balaban J connectivity index is 0.000000868. The van der Waals surface area contributed by atoms with Gasteiger partial charge in [-0.2, -0.15) is 10.4 Å². The molecule has 0 radical (unpaired) electrons. The fourth-order valence-corrected chi connectivity index (χ4v) is 4.43. The van der Waals surface area contributed by atoms with Crippen LogP contribution in [0.2, 0.25) is 5.02 Å². The maximum absolute atomic E-state index is 10.1. The first-order valence-electron chi connectivity index (χ1n) is 13.3. The van der Waals surface area contributed by atoms with Crippen molar-refractivity contribution < 1.29 is 14.6 Å². The van der Waals surface area contributed by atoms with Crippen LogP contribution in [0.4, 0.5) is 0 Å². The lowest BCUT2D eigenvalue weighted by molar-refractivity contribution is -0.134. The van der Waals surface area contributed by atoms with E-state index in [1.807, 2.05) is 120 Å². The van der Waals surface area contributed by atoms with Crippen LogP contribution in [0, 0.1) is 11.3 Å². The van der Waals surface area contributed by atoms with Gasteiger partial charge in [0.05, 0.1) is 22.3 Å². The van der Waals surface area contributed by atoms with Crippen LogP contribution in [-0.4, -0.2) is 30.8 Å². The molecule has 43 heavy (non-hydrogen) atoms.